The summed E-state index contributed by atoms with van der Waals surface area (Å²) >= 11 is 1.74. The van der Waals surface area contributed by atoms with Gasteiger partial charge in [0.05, 0.1) is 48.1 Å². The van der Waals surface area contributed by atoms with Crippen LogP contribution in [0.2, 0.25) is 0 Å². The lowest BCUT2D eigenvalue weighted by atomic mass is 10.1. The summed E-state index contributed by atoms with van der Waals surface area (Å²) in [7, 11) is 5.11. The lowest BCUT2D eigenvalue weighted by Gasteiger charge is -2.27. The molecule has 0 atom stereocenters. The molecule has 3 heterocycles. The van der Waals surface area contributed by atoms with Crippen molar-refractivity contribution in [2.24, 2.45) is 27.2 Å². The van der Waals surface area contributed by atoms with Crippen molar-refractivity contribution in [3.8, 4) is 11.5 Å². The predicted molar refractivity (Wildman–Crippen MR) is 314 cm³/mol. The number of ether oxygens (including phenoxy) is 3. The van der Waals surface area contributed by atoms with Crippen molar-refractivity contribution < 1.29 is 38.2 Å². The molecule has 0 unspecified atom stereocenters. The molecule has 9 N–H and O–H groups in total. The van der Waals surface area contributed by atoms with Gasteiger partial charge < -0.3 is 51.5 Å². The van der Waals surface area contributed by atoms with Crippen LogP contribution in [-0.4, -0.2) is 145 Å². The predicted octanol–water partition coefficient (Wildman–Crippen LogP) is 6.65. The number of thioether (sulfide) groups is 1. The summed E-state index contributed by atoms with van der Waals surface area (Å²) in [6.07, 6.45) is 14.9. The number of hydrogen-bond donors (Lipinski definition) is 6. The number of nitrogens with one attached hydrogen (secondary N) is 3. The summed E-state index contributed by atoms with van der Waals surface area (Å²) in [5.41, 5.74) is 21.6. The first-order chi connectivity index (χ1) is 37.4. The van der Waals surface area contributed by atoms with Gasteiger partial charge in [-0.05, 0) is 130 Å². The summed E-state index contributed by atoms with van der Waals surface area (Å²) in [5.74, 6) is 1.95. The Morgan fingerprint density at radius 3 is 2.05 bits per heavy atom. The Bertz CT molecular complexity index is 2790. The summed E-state index contributed by atoms with van der Waals surface area (Å²) in [6.45, 7) is 20.4. The zero-order chi connectivity index (χ0) is 58.2. The van der Waals surface area contributed by atoms with Crippen LogP contribution in [0, 0.1) is 13.8 Å². The number of anilines is 2. The molecule has 0 aliphatic carbocycles. The van der Waals surface area contributed by atoms with Crippen LogP contribution in [0.5, 0.6) is 11.5 Å². The molecule has 0 saturated carbocycles. The Balaban J connectivity index is 0.000000775. The maximum absolute atomic E-state index is 12.1. The average molecular weight is 1100 g/mol. The number of fused-ring (bicyclic) bond motifs is 1. The van der Waals surface area contributed by atoms with E-state index < -0.39 is 17.6 Å². The number of allylic oxidation sites excluding steroid dienone is 2. The molecule has 5 rings (SSSR count). The average Bonchev–Trinajstić information content (AvgIpc) is 4.13. The number of aliphatic imine (C=N–C) groups is 2. The zero-order valence-corrected chi connectivity index (χ0v) is 47.7. The SMILES string of the molecule is C=Nc1cc(C=O)cc(OC/C=C/CN=C/C(=C\N)NC(=O)OC(C)(C)C)c1N(C/C=C/Cn1c(NC)nc2cc(C(N)=O)cc(OCCCSC)c21)CNC.CCn1nc(C)cc1C=O.CCn1nc(C)cc1C=O.CN. The van der Waals surface area contributed by atoms with E-state index in [9.17, 15) is 24.0 Å². The van der Waals surface area contributed by atoms with Crippen LogP contribution >= 0.6 is 11.8 Å². The van der Waals surface area contributed by atoms with Crippen LogP contribution in [0.1, 0.15) is 94.1 Å². The topological polar surface area (TPSA) is 309 Å². The first kappa shape index (κ1) is 66.0. The number of amides is 2. The number of alkyl carbamates (subject to hydrolysis) is 1. The molecule has 0 saturated heterocycles. The minimum atomic E-state index is -0.653. The third kappa shape index (κ3) is 21.5. The van der Waals surface area contributed by atoms with E-state index in [0.717, 1.165) is 61.0 Å². The second kappa shape index (κ2) is 35.3. The molecule has 2 aromatic carbocycles. The number of aryl methyl sites for hydroxylation is 4. The van der Waals surface area contributed by atoms with Gasteiger partial charge in [0.25, 0.3) is 0 Å². The van der Waals surface area contributed by atoms with Gasteiger partial charge in [0.1, 0.15) is 52.6 Å². The van der Waals surface area contributed by atoms with Crippen molar-refractivity contribution in [1.29, 1.82) is 0 Å². The smallest absolute Gasteiger partial charge is 0.412 e. The van der Waals surface area contributed by atoms with Gasteiger partial charge in [0.2, 0.25) is 11.9 Å². The van der Waals surface area contributed by atoms with Gasteiger partial charge in [-0.25, -0.2) is 9.78 Å². The van der Waals surface area contributed by atoms with Gasteiger partial charge in [-0.1, -0.05) is 18.2 Å². The number of carbonyl (C=O) groups is 5. The molecule has 23 nitrogen and oxygen atoms in total. The Hall–Kier alpha value is -8.09. The molecular formula is C54H79N15O8S. The van der Waals surface area contributed by atoms with Crippen LogP contribution in [-0.2, 0) is 24.4 Å². The molecule has 424 valence electrons. The van der Waals surface area contributed by atoms with E-state index in [4.69, 9.17) is 30.7 Å². The summed E-state index contributed by atoms with van der Waals surface area (Å²) in [4.78, 5) is 71.9. The number of aldehydes is 3. The van der Waals surface area contributed by atoms with Gasteiger partial charge in [0.15, 0.2) is 12.6 Å². The molecule has 24 heteroatoms. The lowest BCUT2D eigenvalue weighted by Crippen LogP contribution is -2.33. The molecule has 3 aromatic heterocycles. The Labute approximate surface area is 461 Å². The van der Waals surface area contributed by atoms with Crippen LogP contribution in [0.15, 0.2) is 82.6 Å². The van der Waals surface area contributed by atoms with Crippen molar-refractivity contribution in [2.75, 3.05) is 76.3 Å². The van der Waals surface area contributed by atoms with Crippen molar-refractivity contribution >= 4 is 83.9 Å². The van der Waals surface area contributed by atoms with Crippen molar-refractivity contribution in [3.63, 3.8) is 0 Å². The van der Waals surface area contributed by atoms with Gasteiger partial charge in [-0.2, -0.15) is 22.0 Å². The number of aromatic nitrogens is 6. The van der Waals surface area contributed by atoms with Crippen molar-refractivity contribution in [2.45, 2.75) is 80.1 Å². The van der Waals surface area contributed by atoms with Gasteiger partial charge in [-0.15, -0.1) is 0 Å². The number of primary amides is 1. The maximum Gasteiger partial charge on any atom is 0.412 e. The fourth-order valence-electron chi connectivity index (χ4n) is 7.13. The molecule has 78 heavy (non-hydrogen) atoms. The summed E-state index contributed by atoms with van der Waals surface area (Å²) < 4.78 is 22.9. The van der Waals surface area contributed by atoms with E-state index in [1.54, 1.807) is 97.5 Å². The highest BCUT2D eigenvalue weighted by atomic mass is 32.2. The van der Waals surface area contributed by atoms with E-state index >= 15 is 0 Å². The zero-order valence-electron chi connectivity index (χ0n) is 46.9. The molecule has 5 aromatic rings. The lowest BCUT2D eigenvalue weighted by molar-refractivity contribution is 0.0548. The number of imidazole rings is 1. The molecule has 0 aliphatic heterocycles. The van der Waals surface area contributed by atoms with E-state index in [1.807, 2.05) is 62.6 Å². The summed E-state index contributed by atoms with van der Waals surface area (Å²) in [5, 5.41) is 17.0. The molecule has 0 aliphatic rings. The Morgan fingerprint density at radius 2 is 1.54 bits per heavy atom. The van der Waals surface area contributed by atoms with E-state index in [1.165, 1.54) is 19.5 Å². The number of nitrogens with zero attached hydrogens (tertiary/aromatic N) is 9. The van der Waals surface area contributed by atoms with Crippen LogP contribution in [0.4, 0.5) is 22.1 Å². The Morgan fingerprint density at radius 1 is 0.885 bits per heavy atom. The number of hydrogen-bond acceptors (Lipinski definition) is 19. The van der Waals surface area contributed by atoms with E-state index in [0.29, 0.717) is 83.2 Å². The summed E-state index contributed by atoms with van der Waals surface area (Å²) in [6, 6.07) is 10.2. The van der Waals surface area contributed by atoms with Crippen LogP contribution in [0.25, 0.3) is 11.0 Å². The van der Waals surface area contributed by atoms with E-state index in [-0.39, 0.29) is 18.8 Å². The quantitative estimate of drug-likeness (QED) is 0.0105. The molecule has 0 spiro atoms. The standard InChI is InChI=1S/C39H54N10O6S.2C7H10N2O.CH5N/c1-39(2,3)55-38(52)46-29(23-40)24-45-13-8-11-16-53-32-20-27(25-50)19-30(43-5)34(32)48(26-42-4)14-9-10-15-49-35-31(47-37(49)44-6)21-28(36(41)51)22-33(35)54-17-12-18-56-7;2*1-3-9-7(5-10)4-6(2)8-9;1-2/h8-11,19-25,42H,5,12-18,26,40H2,1-4,6-7H3,(H2,41,51)(H,44,47)(H,46,52);2*4-5H,3H2,1-2H3;2H2,1H3/b10-9+,11-8+,29-23+,45-24?;;;. The molecular weight excluding hydrogens is 1020 g/mol. The molecule has 0 radical (unpaired) electrons. The van der Waals surface area contributed by atoms with Gasteiger partial charge in [0, 0.05) is 56.8 Å². The van der Waals surface area contributed by atoms with Crippen molar-refractivity contribution in [3.05, 3.63) is 107 Å². The highest BCUT2D eigenvalue weighted by molar-refractivity contribution is 7.98. The number of benzene rings is 2. The largest absolute Gasteiger partial charge is 0.491 e. The van der Waals surface area contributed by atoms with E-state index in [2.05, 4.69) is 48.6 Å². The van der Waals surface area contributed by atoms with Crippen LogP contribution < -0.4 is 47.5 Å². The molecule has 0 bridgehead atoms. The van der Waals surface area contributed by atoms with Crippen molar-refractivity contribution in [1.82, 2.24) is 39.7 Å². The molecule has 2 amide bonds. The fourth-order valence-corrected chi connectivity index (χ4v) is 7.54. The number of rotatable bonds is 27. The highest BCUT2D eigenvalue weighted by Crippen LogP contribution is 2.39. The minimum Gasteiger partial charge on any atom is -0.491 e. The third-order valence-electron chi connectivity index (χ3n) is 10.4. The monoisotopic (exact) mass is 1100 g/mol. The van der Waals surface area contributed by atoms with Gasteiger partial charge in [-0.3, -0.25) is 43.8 Å². The first-order valence-corrected chi connectivity index (χ1v) is 26.4. The minimum absolute atomic E-state index is 0.167. The second-order valence-electron chi connectivity index (χ2n) is 17.4. The fraction of sp³-hybridized carbons (Fsp3) is 0.407. The highest BCUT2D eigenvalue weighted by Gasteiger charge is 2.20. The number of carbonyl (C=O) groups excluding carboxylic acids is 5. The molecule has 0 fully saturated rings. The van der Waals surface area contributed by atoms with Crippen LogP contribution in [0.3, 0.4) is 0 Å². The van der Waals surface area contributed by atoms with Gasteiger partial charge >= 0.3 is 6.09 Å². The number of nitrogens with two attached hydrogens (primary N) is 3. The normalized spacial score (nSPS) is 11.3. The first-order valence-electron chi connectivity index (χ1n) is 25.0. The Kier molecular flexibility index (Phi) is 29.9. The second-order valence-corrected chi connectivity index (χ2v) is 18.4. The third-order valence-corrected chi connectivity index (χ3v) is 11.1. The maximum atomic E-state index is 12.1.